The first-order valence-electron chi connectivity index (χ1n) is 7.38. The van der Waals surface area contributed by atoms with Gasteiger partial charge >= 0.3 is 0 Å². The van der Waals surface area contributed by atoms with Crippen LogP contribution in [0.4, 0.5) is 0 Å². The van der Waals surface area contributed by atoms with Gasteiger partial charge < -0.3 is 5.32 Å². The summed E-state index contributed by atoms with van der Waals surface area (Å²) >= 11 is 0. The van der Waals surface area contributed by atoms with Crippen LogP contribution in [0.15, 0.2) is 36.5 Å². The summed E-state index contributed by atoms with van der Waals surface area (Å²) < 4.78 is 0. The average molecular weight is 256 g/mol. The van der Waals surface area contributed by atoms with Crippen LogP contribution in [0, 0.1) is 5.92 Å². The van der Waals surface area contributed by atoms with Crippen LogP contribution in [0.25, 0.3) is 10.8 Å². The molecule has 0 fully saturated rings. The van der Waals surface area contributed by atoms with Gasteiger partial charge in [-0.25, -0.2) is 0 Å². The van der Waals surface area contributed by atoms with Crippen LogP contribution in [-0.2, 0) is 0 Å². The van der Waals surface area contributed by atoms with E-state index in [0.29, 0.717) is 12.0 Å². The molecule has 102 valence electrons. The molecule has 1 aromatic heterocycles. The van der Waals surface area contributed by atoms with Crippen LogP contribution >= 0.6 is 0 Å². The number of hydrogen-bond donors (Lipinski definition) is 1. The lowest BCUT2D eigenvalue weighted by Crippen LogP contribution is -2.28. The highest BCUT2D eigenvalue weighted by Crippen LogP contribution is 2.30. The molecule has 1 unspecified atom stereocenters. The maximum absolute atomic E-state index is 4.68. The molecular formula is C17H24N2. The Kier molecular flexibility index (Phi) is 4.92. The smallest absolute Gasteiger partial charge is 0.0654 e. The molecule has 19 heavy (non-hydrogen) atoms. The van der Waals surface area contributed by atoms with Gasteiger partial charge in [-0.2, -0.15) is 0 Å². The van der Waals surface area contributed by atoms with Crippen molar-refractivity contribution in [3.63, 3.8) is 0 Å². The van der Waals surface area contributed by atoms with Gasteiger partial charge in [0.1, 0.15) is 0 Å². The number of pyridine rings is 1. The number of nitrogens with one attached hydrogen (secondary N) is 1. The summed E-state index contributed by atoms with van der Waals surface area (Å²) in [5.74, 6) is 0.637. The fraction of sp³-hybridized carbons (Fsp3) is 0.471. The van der Waals surface area contributed by atoms with E-state index in [4.69, 9.17) is 0 Å². The average Bonchev–Trinajstić information content (AvgIpc) is 2.47. The normalized spacial score (nSPS) is 13.1. The molecular weight excluding hydrogens is 232 g/mol. The molecule has 0 aliphatic heterocycles. The minimum atomic E-state index is 0.353. The summed E-state index contributed by atoms with van der Waals surface area (Å²) in [6.07, 6.45) is 4.29. The molecule has 0 aliphatic carbocycles. The van der Waals surface area contributed by atoms with Crippen molar-refractivity contribution < 1.29 is 0 Å². The van der Waals surface area contributed by atoms with Crippen molar-refractivity contribution in [2.75, 3.05) is 6.54 Å². The molecule has 1 aromatic carbocycles. The Hall–Kier alpha value is -1.41. The maximum atomic E-state index is 4.68. The molecule has 2 nitrogen and oxygen atoms in total. The predicted octanol–water partition coefficient (Wildman–Crippen LogP) is 4.32. The van der Waals surface area contributed by atoms with Crippen LogP contribution in [-0.4, -0.2) is 11.5 Å². The van der Waals surface area contributed by atoms with Crippen LogP contribution in [0.2, 0.25) is 0 Å². The summed E-state index contributed by atoms with van der Waals surface area (Å²) in [6, 6.07) is 11.0. The zero-order valence-electron chi connectivity index (χ0n) is 12.2. The van der Waals surface area contributed by atoms with Crippen LogP contribution in [0.5, 0.6) is 0 Å². The molecule has 2 heteroatoms. The van der Waals surface area contributed by atoms with Gasteiger partial charge in [0.2, 0.25) is 0 Å². The summed E-state index contributed by atoms with van der Waals surface area (Å²) in [4.78, 5) is 4.68. The lowest BCUT2D eigenvalue weighted by atomic mass is 9.89. The largest absolute Gasteiger partial charge is 0.309 e. The zero-order chi connectivity index (χ0) is 13.7. The number of hydrogen-bond acceptors (Lipinski definition) is 2. The maximum Gasteiger partial charge on any atom is 0.0654 e. The van der Waals surface area contributed by atoms with E-state index in [1.165, 1.54) is 29.3 Å². The van der Waals surface area contributed by atoms with Gasteiger partial charge in [-0.1, -0.05) is 57.9 Å². The Labute approximate surface area is 116 Å². The monoisotopic (exact) mass is 256 g/mol. The third-order valence-corrected chi connectivity index (χ3v) is 3.94. The predicted molar refractivity (Wildman–Crippen MR) is 82.2 cm³/mol. The van der Waals surface area contributed by atoms with E-state index in [1.807, 2.05) is 6.20 Å². The topological polar surface area (TPSA) is 24.9 Å². The summed E-state index contributed by atoms with van der Waals surface area (Å²) in [6.45, 7) is 7.68. The van der Waals surface area contributed by atoms with Gasteiger partial charge in [0.15, 0.2) is 0 Å². The van der Waals surface area contributed by atoms with Crippen LogP contribution in [0.1, 0.15) is 45.3 Å². The van der Waals surface area contributed by atoms with E-state index < -0.39 is 0 Å². The highest BCUT2D eigenvalue weighted by Gasteiger charge is 2.22. The lowest BCUT2D eigenvalue weighted by molar-refractivity contribution is 0.342. The molecule has 0 saturated heterocycles. The first-order chi connectivity index (χ1) is 9.31. The molecule has 2 rings (SSSR count). The summed E-state index contributed by atoms with van der Waals surface area (Å²) in [5, 5.41) is 6.19. The minimum Gasteiger partial charge on any atom is -0.309 e. The number of nitrogens with zero attached hydrogens (tertiary/aromatic N) is 1. The van der Waals surface area contributed by atoms with Crippen molar-refractivity contribution in [2.24, 2.45) is 5.92 Å². The van der Waals surface area contributed by atoms with Crippen molar-refractivity contribution >= 4 is 10.8 Å². The van der Waals surface area contributed by atoms with Gasteiger partial charge in [-0.05, 0) is 23.9 Å². The van der Waals surface area contributed by atoms with Crippen LogP contribution in [0.3, 0.4) is 0 Å². The van der Waals surface area contributed by atoms with E-state index >= 15 is 0 Å². The SMILES string of the molecule is CCNC(c1nccc2ccccc12)C(CC)CC. The zero-order valence-corrected chi connectivity index (χ0v) is 12.2. The van der Waals surface area contributed by atoms with E-state index in [0.717, 1.165) is 6.54 Å². The molecule has 0 aliphatic rings. The molecule has 0 saturated carbocycles. The first kappa shape index (κ1) is 14.0. The van der Waals surface area contributed by atoms with E-state index in [-0.39, 0.29) is 0 Å². The summed E-state index contributed by atoms with van der Waals surface area (Å²) in [7, 11) is 0. The molecule has 1 atom stereocenters. The summed E-state index contributed by atoms with van der Waals surface area (Å²) in [5.41, 5.74) is 1.20. The fourth-order valence-corrected chi connectivity index (χ4v) is 2.86. The van der Waals surface area contributed by atoms with Crippen molar-refractivity contribution in [1.29, 1.82) is 0 Å². The molecule has 1 N–H and O–H groups in total. The van der Waals surface area contributed by atoms with Gasteiger partial charge in [-0.15, -0.1) is 0 Å². The van der Waals surface area contributed by atoms with Gasteiger partial charge in [0.25, 0.3) is 0 Å². The number of rotatable bonds is 6. The third kappa shape index (κ3) is 2.95. The lowest BCUT2D eigenvalue weighted by Gasteiger charge is -2.26. The standard InChI is InChI=1S/C17H24N2/c1-4-13(5-2)16(18-6-3)17-15-10-8-7-9-14(15)11-12-19-17/h7-13,16,18H,4-6H2,1-3H3. The number of benzene rings is 1. The minimum absolute atomic E-state index is 0.353. The molecule has 2 aromatic rings. The number of fused-ring (bicyclic) bond motifs is 1. The highest BCUT2D eigenvalue weighted by atomic mass is 14.9. The van der Waals surface area contributed by atoms with E-state index in [2.05, 4.69) is 61.4 Å². The molecule has 1 heterocycles. The number of aromatic nitrogens is 1. The van der Waals surface area contributed by atoms with E-state index in [1.54, 1.807) is 0 Å². The Balaban J connectivity index is 2.49. The van der Waals surface area contributed by atoms with Crippen LogP contribution < -0.4 is 5.32 Å². The van der Waals surface area contributed by atoms with Gasteiger partial charge in [0, 0.05) is 11.6 Å². The Morgan fingerprint density at radius 3 is 2.47 bits per heavy atom. The Morgan fingerprint density at radius 2 is 1.79 bits per heavy atom. The molecule has 0 radical (unpaired) electrons. The molecule has 0 amide bonds. The van der Waals surface area contributed by atoms with Gasteiger partial charge in [-0.3, -0.25) is 4.98 Å². The molecule has 0 bridgehead atoms. The quantitative estimate of drug-likeness (QED) is 0.832. The third-order valence-electron chi connectivity index (χ3n) is 3.94. The second-order valence-electron chi connectivity index (χ2n) is 5.03. The molecule has 0 spiro atoms. The van der Waals surface area contributed by atoms with Crippen molar-refractivity contribution in [3.8, 4) is 0 Å². The first-order valence-corrected chi connectivity index (χ1v) is 7.38. The van der Waals surface area contributed by atoms with E-state index in [9.17, 15) is 0 Å². The second kappa shape index (κ2) is 6.67. The van der Waals surface area contributed by atoms with Crippen molar-refractivity contribution in [3.05, 3.63) is 42.2 Å². The van der Waals surface area contributed by atoms with Crippen molar-refractivity contribution in [2.45, 2.75) is 39.7 Å². The Morgan fingerprint density at radius 1 is 1.05 bits per heavy atom. The second-order valence-corrected chi connectivity index (χ2v) is 5.03. The fourth-order valence-electron chi connectivity index (χ4n) is 2.86. The highest BCUT2D eigenvalue weighted by molar-refractivity contribution is 5.84. The Bertz CT molecular complexity index is 512. The van der Waals surface area contributed by atoms with Gasteiger partial charge in [0.05, 0.1) is 11.7 Å². The van der Waals surface area contributed by atoms with Crippen molar-refractivity contribution in [1.82, 2.24) is 10.3 Å².